The third-order valence-corrected chi connectivity index (χ3v) is 4.26. The van der Waals surface area contributed by atoms with E-state index in [2.05, 4.69) is 5.32 Å². The van der Waals surface area contributed by atoms with Gasteiger partial charge in [-0.2, -0.15) is 0 Å². The maximum absolute atomic E-state index is 11.1. The Balaban J connectivity index is 0. The van der Waals surface area contributed by atoms with Crippen molar-refractivity contribution < 1.29 is 34.8 Å². The molecule has 0 aliphatic rings. The summed E-state index contributed by atoms with van der Waals surface area (Å²) in [6.07, 6.45) is 4.51. The molecule has 0 fully saturated rings. The number of nitrogens with zero attached hydrogens (tertiary/aromatic N) is 1. The number of aliphatic hydroxyl groups is 2. The smallest absolute Gasteiger partial charge is 0.407 e. The van der Waals surface area contributed by atoms with Gasteiger partial charge in [0.1, 0.15) is 0 Å². The zero-order valence-electron chi connectivity index (χ0n) is 18.9. The van der Waals surface area contributed by atoms with E-state index in [4.69, 9.17) is 31.5 Å². The maximum Gasteiger partial charge on any atom is 0.407 e. The topological polar surface area (TPSA) is 192 Å². The van der Waals surface area contributed by atoms with E-state index < -0.39 is 24.4 Å². The molecule has 2 amide bonds. The van der Waals surface area contributed by atoms with Crippen LogP contribution in [-0.2, 0) is 4.74 Å². The minimum absolute atomic E-state index is 0.0786. The molecule has 0 aromatic carbocycles. The highest BCUT2D eigenvalue weighted by atomic mass is 16.5. The van der Waals surface area contributed by atoms with Crippen molar-refractivity contribution in [1.29, 1.82) is 0 Å². The molecule has 0 heterocycles. The SMILES string of the molecule is CC(O)COC(CO)CN(CCCCCCN)C(=O)O.NCCCCCCNC(=O)O. The summed E-state index contributed by atoms with van der Waals surface area (Å²) in [7, 11) is 0. The zero-order chi connectivity index (χ0) is 23.9. The molecule has 9 N–H and O–H groups in total. The first-order chi connectivity index (χ1) is 14.8. The molecule has 2 unspecified atom stereocenters. The van der Waals surface area contributed by atoms with Crippen LogP contribution in [0, 0.1) is 0 Å². The van der Waals surface area contributed by atoms with Gasteiger partial charge in [0.15, 0.2) is 0 Å². The number of carbonyl (C=O) groups is 2. The summed E-state index contributed by atoms with van der Waals surface area (Å²) in [5.41, 5.74) is 10.7. The Morgan fingerprint density at radius 3 is 1.97 bits per heavy atom. The number of carboxylic acid groups (broad SMARTS) is 2. The molecular formula is C20H44N4O7. The summed E-state index contributed by atoms with van der Waals surface area (Å²) in [4.78, 5) is 22.3. The summed E-state index contributed by atoms with van der Waals surface area (Å²) in [6, 6.07) is 0. The van der Waals surface area contributed by atoms with Crippen LogP contribution in [0.2, 0.25) is 0 Å². The van der Waals surface area contributed by atoms with Crippen LogP contribution >= 0.6 is 0 Å². The van der Waals surface area contributed by atoms with Crippen molar-refractivity contribution >= 4 is 12.2 Å². The fourth-order valence-electron chi connectivity index (χ4n) is 2.57. The van der Waals surface area contributed by atoms with E-state index in [9.17, 15) is 14.7 Å². The van der Waals surface area contributed by atoms with E-state index in [1.54, 1.807) is 6.92 Å². The van der Waals surface area contributed by atoms with Crippen molar-refractivity contribution in [3.63, 3.8) is 0 Å². The number of amides is 2. The first-order valence-corrected chi connectivity index (χ1v) is 11.0. The molecule has 0 aromatic heterocycles. The van der Waals surface area contributed by atoms with E-state index in [0.717, 1.165) is 57.9 Å². The molecule has 0 saturated heterocycles. The van der Waals surface area contributed by atoms with Crippen LogP contribution in [0.4, 0.5) is 9.59 Å². The Morgan fingerprint density at radius 2 is 1.52 bits per heavy atom. The number of nitrogens with one attached hydrogen (secondary N) is 1. The van der Waals surface area contributed by atoms with E-state index in [1.807, 2.05) is 0 Å². The van der Waals surface area contributed by atoms with Crippen LogP contribution in [0.25, 0.3) is 0 Å². The highest BCUT2D eigenvalue weighted by Crippen LogP contribution is 2.05. The molecule has 11 heteroatoms. The lowest BCUT2D eigenvalue weighted by atomic mass is 10.2. The fourth-order valence-corrected chi connectivity index (χ4v) is 2.57. The van der Waals surface area contributed by atoms with E-state index >= 15 is 0 Å². The molecular weight excluding hydrogens is 408 g/mol. The Bertz CT molecular complexity index is 428. The van der Waals surface area contributed by atoms with Gasteiger partial charge < -0.3 is 46.8 Å². The zero-order valence-corrected chi connectivity index (χ0v) is 18.9. The number of nitrogens with two attached hydrogens (primary N) is 2. The van der Waals surface area contributed by atoms with Gasteiger partial charge in [-0.25, -0.2) is 9.59 Å². The number of rotatable bonds is 18. The number of ether oxygens (including phenoxy) is 1. The molecule has 0 radical (unpaired) electrons. The van der Waals surface area contributed by atoms with Crippen molar-refractivity contribution in [2.75, 3.05) is 45.9 Å². The third kappa shape index (κ3) is 24.5. The maximum atomic E-state index is 11.1. The molecule has 186 valence electrons. The monoisotopic (exact) mass is 452 g/mol. The first-order valence-electron chi connectivity index (χ1n) is 11.0. The lowest BCUT2D eigenvalue weighted by molar-refractivity contribution is -0.0382. The molecule has 11 nitrogen and oxygen atoms in total. The molecule has 0 aliphatic carbocycles. The van der Waals surface area contributed by atoms with Gasteiger partial charge in [-0.1, -0.05) is 25.7 Å². The standard InChI is InChI=1S/C13H28N2O5.C7H16N2O2/c1-11(17)10-20-12(9-16)8-15(13(18)19)7-5-3-2-4-6-14;8-5-3-1-2-4-6-9-7(10)11/h11-12,16-17H,2-10,14H2,1H3,(H,18,19);9H,1-6,8H2,(H,10,11). The van der Waals surface area contributed by atoms with Crippen molar-refractivity contribution in [3.05, 3.63) is 0 Å². The number of unbranched alkanes of at least 4 members (excludes halogenated alkanes) is 6. The number of hydrogen-bond donors (Lipinski definition) is 7. The summed E-state index contributed by atoms with van der Waals surface area (Å²) < 4.78 is 5.26. The van der Waals surface area contributed by atoms with Crippen molar-refractivity contribution in [3.8, 4) is 0 Å². The second-order valence-electron chi connectivity index (χ2n) is 7.35. The van der Waals surface area contributed by atoms with Crippen LogP contribution in [-0.4, -0.2) is 95.7 Å². The summed E-state index contributed by atoms with van der Waals surface area (Å²) in [6.45, 7) is 3.83. The Hall–Kier alpha value is -1.66. The van der Waals surface area contributed by atoms with Crippen LogP contribution in [0.1, 0.15) is 58.3 Å². The highest BCUT2D eigenvalue weighted by molar-refractivity contribution is 5.65. The van der Waals surface area contributed by atoms with E-state index in [0.29, 0.717) is 19.6 Å². The first kappa shape index (κ1) is 31.5. The summed E-state index contributed by atoms with van der Waals surface area (Å²) in [5.74, 6) is 0. The van der Waals surface area contributed by atoms with Gasteiger partial charge in [0.25, 0.3) is 0 Å². The van der Waals surface area contributed by atoms with Crippen molar-refractivity contribution in [1.82, 2.24) is 10.2 Å². The molecule has 31 heavy (non-hydrogen) atoms. The van der Waals surface area contributed by atoms with E-state index in [1.165, 1.54) is 4.90 Å². The fraction of sp³-hybridized carbons (Fsp3) is 0.900. The predicted octanol–water partition coefficient (Wildman–Crippen LogP) is 1.02. The summed E-state index contributed by atoms with van der Waals surface area (Å²) in [5, 5.41) is 37.9. The van der Waals surface area contributed by atoms with Crippen LogP contribution in [0.15, 0.2) is 0 Å². The van der Waals surface area contributed by atoms with Crippen LogP contribution in [0.5, 0.6) is 0 Å². The molecule has 2 atom stereocenters. The van der Waals surface area contributed by atoms with Gasteiger partial charge in [0, 0.05) is 13.1 Å². The van der Waals surface area contributed by atoms with Crippen molar-refractivity contribution in [2.24, 2.45) is 11.5 Å². The van der Waals surface area contributed by atoms with Crippen LogP contribution in [0.3, 0.4) is 0 Å². The van der Waals surface area contributed by atoms with Gasteiger partial charge in [-0.15, -0.1) is 0 Å². The Labute approximate surface area is 185 Å². The lowest BCUT2D eigenvalue weighted by Crippen LogP contribution is -2.40. The molecule has 0 aliphatic heterocycles. The summed E-state index contributed by atoms with van der Waals surface area (Å²) >= 11 is 0. The normalized spacial score (nSPS) is 12.4. The van der Waals surface area contributed by atoms with Gasteiger partial charge in [-0.3, -0.25) is 0 Å². The molecule has 0 saturated carbocycles. The molecule has 0 bridgehead atoms. The second-order valence-corrected chi connectivity index (χ2v) is 7.35. The molecule has 0 spiro atoms. The lowest BCUT2D eigenvalue weighted by Gasteiger charge is -2.25. The van der Waals surface area contributed by atoms with Crippen LogP contribution < -0.4 is 16.8 Å². The average molecular weight is 453 g/mol. The van der Waals surface area contributed by atoms with Gasteiger partial charge in [-0.05, 0) is 45.7 Å². The predicted molar refractivity (Wildman–Crippen MR) is 119 cm³/mol. The van der Waals surface area contributed by atoms with Gasteiger partial charge in [0.05, 0.1) is 32.0 Å². The minimum atomic E-state index is -1.03. The highest BCUT2D eigenvalue weighted by Gasteiger charge is 2.18. The number of aliphatic hydroxyl groups excluding tert-OH is 2. The quantitative estimate of drug-likeness (QED) is 0.149. The third-order valence-electron chi connectivity index (χ3n) is 4.26. The second kappa shape index (κ2) is 23.0. The van der Waals surface area contributed by atoms with Gasteiger partial charge in [0.2, 0.25) is 0 Å². The molecule has 0 aromatic rings. The molecule has 0 rings (SSSR count). The van der Waals surface area contributed by atoms with E-state index in [-0.39, 0.29) is 19.8 Å². The Morgan fingerprint density at radius 1 is 0.968 bits per heavy atom. The van der Waals surface area contributed by atoms with Crippen molar-refractivity contribution in [2.45, 2.75) is 70.5 Å². The number of hydrogen-bond acceptors (Lipinski definition) is 7. The largest absolute Gasteiger partial charge is 0.465 e. The minimum Gasteiger partial charge on any atom is -0.465 e. The van der Waals surface area contributed by atoms with Gasteiger partial charge >= 0.3 is 12.2 Å². The average Bonchev–Trinajstić information content (AvgIpc) is 2.72. The Kier molecular flexibility index (Phi) is 23.4.